The van der Waals surface area contributed by atoms with Gasteiger partial charge in [0.15, 0.2) is 0 Å². The molecule has 0 spiro atoms. The molecule has 370 valence electrons. The van der Waals surface area contributed by atoms with Crippen molar-refractivity contribution in [3.05, 3.63) is 255 Å². The van der Waals surface area contributed by atoms with E-state index in [1.165, 1.54) is 0 Å². The monoisotopic (exact) mass is 1010 g/mol. The second-order valence-electron chi connectivity index (χ2n) is 20.4. The Bertz CT molecular complexity index is 4930. The molecule has 0 aliphatic carbocycles. The molecule has 17 rings (SSSR count). The molecule has 17 aromatic rings. The van der Waals surface area contributed by atoms with Crippen molar-refractivity contribution in [3.63, 3.8) is 0 Å². The lowest BCUT2D eigenvalue weighted by Gasteiger charge is -2.25. The number of benzene rings is 12. The van der Waals surface area contributed by atoms with E-state index in [2.05, 4.69) is 228 Å². The predicted molar refractivity (Wildman–Crippen MR) is 323 cm³/mol. The van der Waals surface area contributed by atoms with Crippen molar-refractivity contribution >= 4 is 144 Å². The Morgan fingerprint density at radius 1 is 0.165 bits per heavy atom. The van der Waals surface area contributed by atoms with Crippen molar-refractivity contribution in [1.82, 2.24) is 0 Å². The summed E-state index contributed by atoms with van der Waals surface area (Å²) < 4.78 is 32.6. The van der Waals surface area contributed by atoms with E-state index in [4.69, 9.17) is 22.1 Å². The molecule has 0 atom stereocenters. The van der Waals surface area contributed by atoms with E-state index < -0.39 is 0 Å². The van der Waals surface area contributed by atoms with Crippen LogP contribution in [0.25, 0.3) is 132 Å². The van der Waals surface area contributed by atoms with Gasteiger partial charge in [0, 0.05) is 100 Å². The van der Waals surface area contributed by atoms with Crippen LogP contribution in [0, 0.1) is 0 Å². The number of hydrogen-bond acceptors (Lipinski definition) is 7. The number of anilines is 6. The molecule has 0 unspecified atom stereocenters. The molecule has 0 saturated heterocycles. The van der Waals surface area contributed by atoms with Crippen LogP contribution < -0.4 is 9.80 Å². The number of para-hydroxylation sites is 4. The molecule has 5 heterocycles. The molecule has 0 aliphatic rings. The molecule has 0 N–H and O–H groups in total. The Hall–Kier alpha value is -10.8. The summed E-state index contributed by atoms with van der Waals surface area (Å²) >= 11 is 0. The minimum atomic E-state index is 0.802. The molecular weight excluding hydrogens is 973 g/mol. The predicted octanol–water partition coefficient (Wildman–Crippen LogP) is 21.5. The highest BCUT2D eigenvalue weighted by Crippen LogP contribution is 2.44. The Labute approximate surface area is 450 Å². The zero-order valence-corrected chi connectivity index (χ0v) is 42.2. The second-order valence-corrected chi connectivity index (χ2v) is 20.4. The molecule has 0 saturated carbocycles. The largest absolute Gasteiger partial charge is 0.456 e. The Balaban J connectivity index is 0.670. The second kappa shape index (κ2) is 16.9. The SMILES string of the molecule is c1ccc(N(c2ccc(-c3ccc4c(c3)oc3cc5c(cc34)oc3cc4c(cc35)oc3cc(-c5ccc(N(c6ccccc6)c6ccc7c(c6)oc6ccccc67)cc5)ccc34)cc2)c2ccc3c(c2)oc2ccccc23)cc1. The van der Waals surface area contributed by atoms with Crippen LogP contribution in [0.4, 0.5) is 34.1 Å². The van der Waals surface area contributed by atoms with Gasteiger partial charge in [0.05, 0.1) is 0 Å². The molecule has 0 bridgehead atoms. The molecule has 0 amide bonds. The van der Waals surface area contributed by atoms with Crippen LogP contribution in [0.1, 0.15) is 0 Å². The summed E-state index contributed by atoms with van der Waals surface area (Å²) in [6.45, 7) is 0. The summed E-state index contributed by atoms with van der Waals surface area (Å²) in [6.07, 6.45) is 0. The third-order valence-electron chi connectivity index (χ3n) is 15.8. The van der Waals surface area contributed by atoms with Gasteiger partial charge in [-0.05, 0) is 156 Å². The minimum absolute atomic E-state index is 0.802. The third-order valence-corrected chi connectivity index (χ3v) is 15.8. The van der Waals surface area contributed by atoms with Crippen molar-refractivity contribution in [1.29, 1.82) is 0 Å². The molecule has 0 aliphatic heterocycles. The van der Waals surface area contributed by atoms with Crippen LogP contribution in [-0.4, -0.2) is 0 Å². The fourth-order valence-electron chi connectivity index (χ4n) is 12.0. The van der Waals surface area contributed by atoms with Gasteiger partial charge in [-0.15, -0.1) is 0 Å². The fourth-order valence-corrected chi connectivity index (χ4v) is 12.0. The molecule has 12 aromatic carbocycles. The van der Waals surface area contributed by atoms with Gasteiger partial charge in [-0.2, -0.15) is 0 Å². The number of nitrogens with zero attached hydrogens (tertiary/aromatic N) is 2. The average molecular weight is 1020 g/mol. The van der Waals surface area contributed by atoms with E-state index in [1.807, 2.05) is 36.4 Å². The summed E-state index contributed by atoms with van der Waals surface area (Å²) in [7, 11) is 0. The lowest BCUT2D eigenvalue weighted by atomic mass is 10.0. The average Bonchev–Trinajstić information content (AvgIpc) is 4.49. The number of fused-ring (bicyclic) bond motifs is 15. The summed E-state index contributed by atoms with van der Waals surface area (Å²) in [4.78, 5) is 4.53. The van der Waals surface area contributed by atoms with E-state index >= 15 is 0 Å². The summed E-state index contributed by atoms with van der Waals surface area (Å²) in [5, 5.41) is 10.5. The highest BCUT2D eigenvalue weighted by atomic mass is 16.3. The van der Waals surface area contributed by atoms with E-state index in [-0.39, 0.29) is 0 Å². The van der Waals surface area contributed by atoms with Gasteiger partial charge in [-0.25, -0.2) is 0 Å². The van der Waals surface area contributed by atoms with Crippen LogP contribution in [0.2, 0.25) is 0 Å². The maximum Gasteiger partial charge on any atom is 0.137 e. The number of furan rings is 5. The smallest absolute Gasteiger partial charge is 0.137 e. The molecule has 79 heavy (non-hydrogen) atoms. The zero-order chi connectivity index (χ0) is 51.7. The van der Waals surface area contributed by atoms with Gasteiger partial charge in [0.2, 0.25) is 0 Å². The standard InChI is InChI=1S/C72H42N2O5/c1-3-11-47(12-4-1)73(51-29-33-55-53-15-7-9-17-63(53)75-67(55)37-51)49-25-19-43(20-26-49)45-23-31-57-59-39-71-61(41-69(59)77-65(57)35-45)62-42-70-60(40-72(62)79-71)58-32-24-46(36-66(58)78-70)44-21-27-50(28-22-44)74(48-13-5-2-6-14-48)52-30-34-56-54-16-8-10-18-64(54)76-68(56)38-52/h1-42H. The molecular formula is C72H42N2O5. The van der Waals surface area contributed by atoms with E-state index in [9.17, 15) is 0 Å². The lowest BCUT2D eigenvalue weighted by molar-refractivity contribution is 0.662. The quantitative estimate of drug-likeness (QED) is 0.150. The Morgan fingerprint density at radius 2 is 0.430 bits per heavy atom. The number of rotatable bonds is 8. The van der Waals surface area contributed by atoms with Crippen LogP contribution in [-0.2, 0) is 0 Å². The maximum atomic E-state index is 6.67. The first-order valence-electron chi connectivity index (χ1n) is 26.5. The normalized spacial score (nSPS) is 12.1. The third kappa shape index (κ3) is 6.93. The first-order valence-corrected chi connectivity index (χ1v) is 26.5. The highest BCUT2D eigenvalue weighted by Gasteiger charge is 2.21. The first-order chi connectivity index (χ1) is 39.1. The molecule has 0 radical (unpaired) electrons. The zero-order valence-electron chi connectivity index (χ0n) is 42.2. The van der Waals surface area contributed by atoms with Gasteiger partial charge < -0.3 is 31.9 Å². The van der Waals surface area contributed by atoms with Crippen molar-refractivity contribution in [2.45, 2.75) is 0 Å². The lowest BCUT2D eigenvalue weighted by Crippen LogP contribution is -2.09. The number of hydrogen-bond donors (Lipinski definition) is 0. The summed E-state index contributed by atoms with van der Waals surface area (Å²) in [6, 6.07) is 89.0. The van der Waals surface area contributed by atoms with Gasteiger partial charge in [0.25, 0.3) is 0 Å². The van der Waals surface area contributed by atoms with Crippen molar-refractivity contribution in [2.24, 2.45) is 0 Å². The van der Waals surface area contributed by atoms with Gasteiger partial charge in [-0.1, -0.05) is 109 Å². The van der Waals surface area contributed by atoms with Crippen molar-refractivity contribution in [2.75, 3.05) is 9.80 Å². The van der Waals surface area contributed by atoms with Crippen LogP contribution >= 0.6 is 0 Å². The van der Waals surface area contributed by atoms with Crippen LogP contribution in [0.5, 0.6) is 0 Å². The maximum absolute atomic E-state index is 6.67. The fraction of sp³-hybridized carbons (Fsp3) is 0. The highest BCUT2D eigenvalue weighted by molar-refractivity contribution is 6.19. The first kappa shape index (κ1) is 43.5. The van der Waals surface area contributed by atoms with Gasteiger partial charge in [0.1, 0.15) is 55.8 Å². The Morgan fingerprint density at radius 3 is 0.848 bits per heavy atom. The summed E-state index contributed by atoms with van der Waals surface area (Å²) in [5.41, 5.74) is 18.9. The van der Waals surface area contributed by atoms with E-state index in [0.717, 1.165) is 166 Å². The molecule has 7 nitrogen and oxygen atoms in total. The van der Waals surface area contributed by atoms with Gasteiger partial charge >= 0.3 is 0 Å². The summed E-state index contributed by atoms with van der Waals surface area (Å²) in [5.74, 6) is 0. The molecule has 0 fully saturated rings. The van der Waals surface area contributed by atoms with Crippen LogP contribution in [0.3, 0.4) is 0 Å². The van der Waals surface area contributed by atoms with Gasteiger partial charge in [-0.3, -0.25) is 0 Å². The molecule has 7 heteroatoms. The van der Waals surface area contributed by atoms with Crippen LogP contribution in [0.15, 0.2) is 277 Å². The topological polar surface area (TPSA) is 72.2 Å². The van der Waals surface area contributed by atoms with Crippen molar-refractivity contribution < 1.29 is 22.1 Å². The molecule has 5 aromatic heterocycles. The minimum Gasteiger partial charge on any atom is -0.456 e. The van der Waals surface area contributed by atoms with E-state index in [0.29, 0.717) is 0 Å². The van der Waals surface area contributed by atoms with E-state index in [1.54, 1.807) is 0 Å². The van der Waals surface area contributed by atoms with Crippen molar-refractivity contribution in [3.8, 4) is 22.3 Å². The Kier molecular flexibility index (Phi) is 9.28.